The fourth-order valence-electron chi connectivity index (χ4n) is 3.91. The molecule has 7 heteroatoms. The molecule has 1 aliphatic rings. The van der Waals surface area contributed by atoms with Crippen LogP contribution in [0.25, 0.3) is 22.2 Å². The summed E-state index contributed by atoms with van der Waals surface area (Å²) >= 11 is 0. The third kappa shape index (κ3) is 4.29. The number of hydrogen-bond acceptors (Lipinski definition) is 6. The Balaban J connectivity index is 1.49. The van der Waals surface area contributed by atoms with Crippen LogP contribution in [0.5, 0.6) is 0 Å². The lowest BCUT2D eigenvalue weighted by Gasteiger charge is -2.32. The summed E-state index contributed by atoms with van der Waals surface area (Å²) in [5.74, 6) is -0.531. The largest absolute Gasteiger partial charge is 0.449 e. The normalized spacial score (nSPS) is 16.3. The number of rotatable bonds is 5. The van der Waals surface area contributed by atoms with Gasteiger partial charge >= 0.3 is 5.97 Å². The van der Waals surface area contributed by atoms with E-state index in [4.69, 9.17) is 9.26 Å². The Kier molecular flexibility index (Phi) is 5.72. The summed E-state index contributed by atoms with van der Waals surface area (Å²) in [6.45, 7) is 1.51. The van der Waals surface area contributed by atoms with Crippen LogP contribution in [0.2, 0.25) is 0 Å². The number of esters is 1. The van der Waals surface area contributed by atoms with Gasteiger partial charge in [0.25, 0.3) is 5.91 Å². The number of nitrogens with zero attached hydrogens (tertiary/aromatic N) is 2. The van der Waals surface area contributed by atoms with E-state index in [2.05, 4.69) is 16.5 Å². The summed E-state index contributed by atoms with van der Waals surface area (Å²) in [5, 5.41) is 17.1. The molecule has 4 rings (SSSR count). The van der Waals surface area contributed by atoms with Crippen molar-refractivity contribution in [2.45, 2.75) is 50.7 Å². The number of fused-ring (bicyclic) bond motifs is 1. The molecular weight excluding hydrogens is 394 g/mol. The van der Waals surface area contributed by atoms with Crippen LogP contribution in [-0.2, 0) is 9.53 Å². The smallest absolute Gasteiger partial charge is 0.338 e. The zero-order valence-corrected chi connectivity index (χ0v) is 17.3. The van der Waals surface area contributed by atoms with Crippen LogP contribution in [0.3, 0.4) is 0 Å². The summed E-state index contributed by atoms with van der Waals surface area (Å²) in [6, 6.07) is 16.6. The van der Waals surface area contributed by atoms with Crippen molar-refractivity contribution in [3.05, 3.63) is 54.1 Å². The van der Waals surface area contributed by atoms with Crippen LogP contribution >= 0.6 is 0 Å². The third-order valence-corrected chi connectivity index (χ3v) is 5.68. The first-order valence-electron chi connectivity index (χ1n) is 10.4. The molecular formula is C24H23N3O4. The predicted octanol–water partition coefficient (Wildman–Crippen LogP) is 4.38. The van der Waals surface area contributed by atoms with Crippen molar-refractivity contribution >= 4 is 22.8 Å². The molecule has 1 aromatic heterocycles. The van der Waals surface area contributed by atoms with E-state index < -0.39 is 23.5 Å². The molecule has 1 aliphatic carbocycles. The van der Waals surface area contributed by atoms with Crippen LogP contribution in [0, 0.1) is 11.3 Å². The van der Waals surface area contributed by atoms with Gasteiger partial charge in [-0.25, -0.2) is 4.79 Å². The molecule has 1 heterocycles. The van der Waals surface area contributed by atoms with Gasteiger partial charge in [-0.3, -0.25) is 4.79 Å². The van der Waals surface area contributed by atoms with Gasteiger partial charge in [0.1, 0.15) is 11.1 Å². The Bertz CT molecular complexity index is 1140. The van der Waals surface area contributed by atoms with E-state index >= 15 is 0 Å². The van der Waals surface area contributed by atoms with Gasteiger partial charge in [0.2, 0.25) is 0 Å². The molecule has 3 aromatic rings. The van der Waals surface area contributed by atoms with E-state index in [-0.39, 0.29) is 0 Å². The number of aromatic nitrogens is 1. The lowest BCUT2D eigenvalue weighted by Crippen LogP contribution is -2.52. The maximum atomic E-state index is 12.7. The molecule has 0 spiro atoms. The fraction of sp³-hybridized carbons (Fsp3) is 0.333. The van der Waals surface area contributed by atoms with E-state index in [1.165, 1.54) is 6.92 Å². The van der Waals surface area contributed by atoms with Gasteiger partial charge in [0.05, 0.1) is 17.0 Å². The minimum atomic E-state index is -1.02. The van der Waals surface area contributed by atoms with Crippen LogP contribution < -0.4 is 5.32 Å². The van der Waals surface area contributed by atoms with Crippen LogP contribution in [0.4, 0.5) is 0 Å². The zero-order chi connectivity index (χ0) is 21.8. The lowest BCUT2D eigenvalue weighted by molar-refractivity contribution is -0.130. The van der Waals surface area contributed by atoms with Gasteiger partial charge < -0.3 is 14.6 Å². The maximum absolute atomic E-state index is 12.7. The van der Waals surface area contributed by atoms with E-state index in [0.29, 0.717) is 35.1 Å². The van der Waals surface area contributed by atoms with Gasteiger partial charge in [0, 0.05) is 5.56 Å². The Morgan fingerprint density at radius 1 is 1.16 bits per heavy atom. The van der Waals surface area contributed by atoms with Gasteiger partial charge in [-0.05, 0) is 38.0 Å². The van der Waals surface area contributed by atoms with E-state index in [1.54, 1.807) is 18.2 Å². The Morgan fingerprint density at radius 3 is 2.61 bits per heavy atom. The van der Waals surface area contributed by atoms with E-state index in [0.717, 1.165) is 24.8 Å². The second-order valence-electron chi connectivity index (χ2n) is 7.90. The average molecular weight is 417 g/mol. The molecule has 0 unspecified atom stereocenters. The van der Waals surface area contributed by atoms with E-state index in [9.17, 15) is 14.9 Å². The Morgan fingerprint density at radius 2 is 1.90 bits per heavy atom. The summed E-state index contributed by atoms with van der Waals surface area (Å²) in [5.41, 5.74) is 0.884. The number of carbonyl (C=O) groups is 2. The number of benzene rings is 2. The highest BCUT2D eigenvalue weighted by molar-refractivity contribution is 5.99. The lowest BCUT2D eigenvalue weighted by atomic mass is 9.83. The first-order valence-corrected chi connectivity index (χ1v) is 10.4. The fourth-order valence-corrected chi connectivity index (χ4v) is 3.91. The van der Waals surface area contributed by atoms with Gasteiger partial charge in [-0.15, -0.1) is 0 Å². The van der Waals surface area contributed by atoms with Gasteiger partial charge in [0.15, 0.2) is 11.9 Å². The highest BCUT2D eigenvalue weighted by Gasteiger charge is 2.35. The third-order valence-electron chi connectivity index (χ3n) is 5.68. The number of nitrogens with one attached hydrogen (secondary N) is 1. The van der Waals surface area contributed by atoms with Crippen LogP contribution in [-0.4, -0.2) is 28.7 Å². The predicted molar refractivity (Wildman–Crippen MR) is 114 cm³/mol. The monoisotopic (exact) mass is 417 g/mol. The second-order valence-corrected chi connectivity index (χ2v) is 7.90. The Hall–Kier alpha value is -3.66. The molecule has 1 atom stereocenters. The molecule has 0 aliphatic heterocycles. The highest BCUT2D eigenvalue weighted by atomic mass is 16.5. The molecule has 158 valence electrons. The maximum Gasteiger partial charge on any atom is 0.338 e. The summed E-state index contributed by atoms with van der Waals surface area (Å²) in [6.07, 6.45) is 3.05. The molecule has 2 aromatic carbocycles. The van der Waals surface area contributed by atoms with E-state index in [1.807, 2.05) is 30.3 Å². The topological polar surface area (TPSA) is 105 Å². The first kappa shape index (κ1) is 20.6. The van der Waals surface area contributed by atoms with Crippen molar-refractivity contribution in [2.75, 3.05) is 0 Å². The van der Waals surface area contributed by atoms with Gasteiger partial charge in [-0.1, -0.05) is 54.8 Å². The first-order chi connectivity index (χ1) is 15.0. The molecule has 1 fully saturated rings. The minimum Gasteiger partial charge on any atom is -0.449 e. The number of hydrogen-bond donors (Lipinski definition) is 1. The molecule has 1 amide bonds. The van der Waals surface area contributed by atoms with Crippen molar-refractivity contribution in [1.82, 2.24) is 10.5 Å². The van der Waals surface area contributed by atoms with Crippen LogP contribution in [0.1, 0.15) is 49.4 Å². The standard InChI is InChI=1S/C24H23N3O4/c1-16(22(28)26-24(15-25)12-6-3-7-13-24)30-23(29)18-10-11-20-19(14-18)21(31-27-20)17-8-4-2-5-9-17/h2,4-5,8-11,14,16H,3,6-7,12-13H2,1H3,(H,26,28)/t16-/m0/s1. The summed E-state index contributed by atoms with van der Waals surface area (Å²) < 4.78 is 10.9. The number of nitriles is 1. The van der Waals surface area contributed by atoms with Crippen molar-refractivity contribution in [1.29, 1.82) is 5.26 Å². The quantitative estimate of drug-likeness (QED) is 0.618. The van der Waals surface area contributed by atoms with Crippen LogP contribution in [0.15, 0.2) is 53.1 Å². The SMILES string of the molecule is C[C@H](OC(=O)c1ccc2noc(-c3ccccc3)c2c1)C(=O)NC1(C#N)CCCCC1. The second kappa shape index (κ2) is 8.60. The van der Waals surface area contributed by atoms with Crippen molar-refractivity contribution < 1.29 is 18.8 Å². The molecule has 1 saturated carbocycles. The average Bonchev–Trinajstić information content (AvgIpc) is 3.23. The zero-order valence-electron chi connectivity index (χ0n) is 17.3. The van der Waals surface area contributed by atoms with Crippen molar-refractivity contribution in [3.63, 3.8) is 0 Å². The molecule has 1 N–H and O–H groups in total. The molecule has 0 bridgehead atoms. The molecule has 0 radical (unpaired) electrons. The molecule has 7 nitrogen and oxygen atoms in total. The number of carbonyl (C=O) groups excluding carboxylic acids is 2. The van der Waals surface area contributed by atoms with Crippen molar-refractivity contribution in [2.24, 2.45) is 0 Å². The van der Waals surface area contributed by atoms with Crippen molar-refractivity contribution in [3.8, 4) is 17.4 Å². The number of amides is 1. The highest BCUT2D eigenvalue weighted by Crippen LogP contribution is 2.30. The Labute approximate surface area is 180 Å². The summed E-state index contributed by atoms with van der Waals surface area (Å²) in [4.78, 5) is 25.3. The molecule has 0 saturated heterocycles. The summed E-state index contributed by atoms with van der Waals surface area (Å²) in [7, 11) is 0. The minimum absolute atomic E-state index is 0.292. The van der Waals surface area contributed by atoms with Gasteiger partial charge in [-0.2, -0.15) is 5.26 Å². The number of ether oxygens (including phenoxy) is 1. The molecule has 31 heavy (non-hydrogen) atoms.